The largest absolute Gasteiger partial charge is 0.376 e. The number of unbranched alkanes of at least 4 members (excludes halogenated alkanes) is 1. The maximum absolute atomic E-state index is 6.17. The first-order chi connectivity index (χ1) is 14.7. The number of guanidine groups is 1. The van der Waals surface area contributed by atoms with Crippen LogP contribution in [0.2, 0.25) is 0 Å². The molecule has 0 saturated carbocycles. The first-order valence-corrected chi connectivity index (χ1v) is 12.7. The SMILES string of the molecule is CCNC(=NCCCCN1CCC(C)CC1)N1CCC(OCC2CCCCO2)CC1.I. The van der Waals surface area contributed by atoms with Crippen LogP contribution in [-0.2, 0) is 9.47 Å². The number of ether oxygens (including phenoxy) is 2. The molecule has 1 atom stereocenters. The van der Waals surface area contributed by atoms with Crippen LogP contribution in [0, 0.1) is 5.92 Å². The van der Waals surface area contributed by atoms with Crippen LogP contribution in [0.5, 0.6) is 0 Å². The number of piperidine rings is 2. The first-order valence-electron chi connectivity index (χ1n) is 12.7. The Morgan fingerprint density at radius 3 is 2.48 bits per heavy atom. The Morgan fingerprint density at radius 2 is 1.81 bits per heavy atom. The van der Waals surface area contributed by atoms with Gasteiger partial charge in [-0.15, -0.1) is 24.0 Å². The lowest BCUT2D eigenvalue weighted by molar-refractivity contribution is -0.0721. The predicted molar refractivity (Wildman–Crippen MR) is 140 cm³/mol. The van der Waals surface area contributed by atoms with Crippen LogP contribution in [0.15, 0.2) is 4.99 Å². The van der Waals surface area contributed by atoms with Crippen molar-refractivity contribution in [1.82, 2.24) is 15.1 Å². The summed E-state index contributed by atoms with van der Waals surface area (Å²) in [6.07, 6.45) is 11.7. The molecule has 0 aromatic rings. The zero-order valence-electron chi connectivity index (χ0n) is 20.0. The quantitative estimate of drug-likeness (QED) is 0.203. The van der Waals surface area contributed by atoms with Crippen LogP contribution in [0.4, 0.5) is 0 Å². The van der Waals surface area contributed by atoms with Crippen LogP contribution in [0.25, 0.3) is 0 Å². The Hall–Kier alpha value is -0.120. The van der Waals surface area contributed by atoms with Crippen LogP contribution < -0.4 is 5.32 Å². The van der Waals surface area contributed by atoms with Gasteiger partial charge in [0, 0.05) is 32.8 Å². The van der Waals surface area contributed by atoms with E-state index < -0.39 is 0 Å². The van der Waals surface area contributed by atoms with Crippen molar-refractivity contribution in [3.05, 3.63) is 0 Å². The van der Waals surface area contributed by atoms with Crippen molar-refractivity contribution < 1.29 is 9.47 Å². The Kier molecular flexibility index (Phi) is 13.7. The van der Waals surface area contributed by atoms with Gasteiger partial charge in [0.1, 0.15) is 0 Å². The van der Waals surface area contributed by atoms with Gasteiger partial charge in [0.25, 0.3) is 0 Å². The molecule has 3 fully saturated rings. The molecule has 0 spiro atoms. The fraction of sp³-hybridized carbons (Fsp3) is 0.958. The third-order valence-electron chi connectivity index (χ3n) is 6.89. The molecule has 1 N–H and O–H groups in total. The van der Waals surface area contributed by atoms with Crippen molar-refractivity contribution in [3.63, 3.8) is 0 Å². The smallest absolute Gasteiger partial charge is 0.193 e. The van der Waals surface area contributed by atoms with Crippen LogP contribution >= 0.6 is 24.0 Å². The molecule has 7 heteroatoms. The van der Waals surface area contributed by atoms with Gasteiger partial charge in [-0.05, 0) is 90.3 Å². The second kappa shape index (κ2) is 15.7. The Balaban J connectivity index is 0.00000341. The highest BCUT2D eigenvalue weighted by molar-refractivity contribution is 14.0. The van der Waals surface area contributed by atoms with E-state index in [1.165, 1.54) is 58.2 Å². The molecule has 3 heterocycles. The van der Waals surface area contributed by atoms with E-state index >= 15 is 0 Å². The summed E-state index contributed by atoms with van der Waals surface area (Å²) < 4.78 is 12.0. The fourth-order valence-electron chi connectivity index (χ4n) is 4.76. The summed E-state index contributed by atoms with van der Waals surface area (Å²) in [5.41, 5.74) is 0. The van der Waals surface area contributed by atoms with Crippen molar-refractivity contribution in [1.29, 1.82) is 0 Å². The zero-order chi connectivity index (χ0) is 21.0. The molecule has 3 aliphatic heterocycles. The van der Waals surface area contributed by atoms with Gasteiger partial charge in [-0.1, -0.05) is 6.92 Å². The van der Waals surface area contributed by atoms with Crippen molar-refractivity contribution in [2.24, 2.45) is 10.9 Å². The van der Waals surface area contributed by atoms with Crippen molar-refractivity contribution in [3.8, 4) is 0 Å². The van der Waals surface area contributed by atoms with Crippen LogP contribution in [0.1, 0.15) is 71.6 Å². The summed E-state index contributed by atoms with van der Waals surface area (Å²) in [6.45, 7) is 14.0. The minimum atomic E-state index is 0. The average Bonchev–Trinajstić information content (AvgIpc) is 2.79. The van der Waals surface area contributed by atoms with Crippen LogP contribution in [-0.4, -0.2) is 87.0 Å². The minimum absolute atomic E-state index is 0. The first kappa shape index (κ1) is 27.1. The second-order valence-electron chi connectivity index (χ2n) is 9.48. The molecular formula is C24H47IN4O2. The third kappa shape index (κ3) is 10.1. The maximum Gasteiger partial charge on any atom is 0.193 e. The van der Waals surface area contributed by atoms with Gasteiger partial charge in [0.05, 0.1) is 18.8 Å². The predicted octanol–water partition coefficient (Wildman–Crippen LogP) is 4.13. The number of halogens is 1. The van der Waals surface area contributed by atoms with Crippen molar-refractivity contribution >= 4 is 29.9 Å². The number of rotatable bonds is 9. The van der Waals surface area contributed by atoms with E-state index in [0.717, 1.165) is 70.5 Å². The van der Waals surface area contributed by atoms with Crippen molar-refractivity contribution in [2.75, 3.05) is 59.0 Å². The second-order valence-corrected chi connectivity index (χ2v) is 9.48. The summed E-state index contributed by atoms with van der Waals surface area (Å²) in [5, 5.41) is 3.50. The van der Waals surface area contributed by atoms with Gasteiger partial charge in [0.15, 0.2) is 5.96 Å². The van der Waals surface area contributed by atoms with E-state index in [1.54, 1.807) is 0 Å². The molecule has 0 bridgehead atoms. The molecule has 0 amide bonds. The van der Waals surface area contributed by atoms with Gasteiger partial charge < -0.3 is 24.6 Å². The number of nitrogens with one attached hydrogen (secondary N) is 1. The third-order valence-corrected chi connectivity index (χ3v) is 6.89. The standard InChI is InChI=1S/C24H46N4O2.HI/c1-3-25-24(26-13-5-6-14-27-15-9-21(2)10-16-27)28-17-11-22(12-18-28)30-20-23-8-4-7-19-29-23;/h21-23H,3-20H2,1-2H3,(H,25,26);1H. The normalized spacial score (nSPS) is 24.8. The topological polar surface area (TPSA) is 49.3 Å². The summed E-state index contributed by atoms with van der Waals surface area (Å²) in [7, 11) is 0. The van der Waals surface area contributed by atoms with E-state index in [4.69, 9.17) is 14.5 Å². The van der Waals surface area contributed by atoms with Gasteiger partial charge >= 0.3 is 0 Å². The monoisotopic (exact) mass is 550 g/mol. The molecule has 0 aromatic carbocycles. The fourth-order valence-corrected chi connectivity index (χ4v) is 4.76. The molecule has 31 heavy (non-hydrogen) atoms. The highest BCUT2D eigenvalue weighted by Crippen LogP contribution is 2.18. The molecular weight excluding hydrogens is 503 g/mol. The highest BCUT2D eigenvalue weighted by atomic mass is 127. The molecule has 0 aliphatic carbocycles. The molecule has 0 aromatic heterocycles. The number of likely N-dealkylation sites (tertiary alicyclic amines) is 2. The molecule has 0 radical (unpaired) electrons. The number of hydrogen-bond acceptors (Lipinski definition) is 4. The zero-order valence-corrected chi connectivity index (χ0v) is 22.4. The van der Waals surface area contributed by atoms with Gasteiger partial charge in [-0.3, -0.25) is 4.99 Å². The molecule has 3 saturated heterocycles. The molecule has 1 unspecified atom stereocenters. The number of hydrogen-bond donors (Lipinski definition) is 1. The lowest BCUT2D eigenvalue weighted by Gasteiger charge is -2.35. The van der Waals surface area contributed by atoms with Gasteiger partial charge in [-0.2, -0.15) is 0 Å². The van der Waals surface area contributed by atoms with E-state index in [1.807, 2.05) is 0 Å². The summed E-state index contributed by atoms with van der Waals surface area (Å²) >= 11 is 0. The maximum atomic E-state index is 6.17. The van der Waals surface area contributed by atoms with E-state index in [0.29, 0.717) is 12.2 Å². The number of nitrogens with zero attached hydrogens (tertiary/aromatic N) is 3. The van der Waals surface area contributed by atoms with Crippen LogP contribution in [0.3, 0.4) is 0 Å². The summed E-state index contributed by atoms with van der Waals surface area (Å²) in [5.74, 6) is 2.02. The summed E-state index contributed by atoms with van der Waals surface area (Å²) in [6, 6.07) is 0. The molecule has 6 nitrogen and oxygen atoms in total. The van der Waals surface area contributed by atoms with Gasteiger partial charge in [-0.25, -0.2) is 0 Å². The van der Waals surface area contributed by atoms with Gasteiger partial charge in [0.2, 0.25) is 0 Å². The Bertz CT molecular complexity index is 486. The highest BCUT2D eigenvalue weighted by Gasteiger charge is 2.23. The lowest BCUT2D eigenvalue weighted by Crippen LogP contribution is -2.47. The minimum Gasteiger partial charge on any atom is -0.376 e. The van der Waals surface area contributed by atoms with E-state index in [9.17, 15) is 0 Å². The van der Waals surface area contributed by atoms with E-state index in [2.05, 4.69) is 29.0 Å². The Morgan fingerprint density at radius 1 is 1.03 bits per heavy atom. The average molecular weight is 551 g/mol. The van der Waals surface area contributed by atoms with E-state index in [-0.39, 0.29) is 24.0 Å². The molecule has 3 aliphatic rings. The molecule has 3 rings (SSSR count). The molecule has 182 valence electrons. The lowest BCUT2D eigenvalue weighted by atomic mass is 9.99. The van der Waals surface area contributed by atoms with Crippen molar-refractivity contribution in [2.45, 2.75) is 83.8 Å². The summed E-state index contributed by atoms with van der Waals surface area (Å²) in [4.78, 5) is 9.99. The Labute approximate surface area is 207 Å². The number of aliphatic imine (C=N–C) groups is 1.